The van der Waals surface area contributed by atoms with E-state index in [1.54, 1.807) is 6.07 Å². The van der Waals surface area contributed by atoms with Gasteiger partial charge in [0.15, 0.2) is 5.78 Å². The third kappa shape index (κ3) is 2.35. The number of fused-ring (bicyclic) bond motifs is 1. The van der Waals surface area contributed by atoms with Gasteiger partial charge in [-0.05, 0) is 48.6 Å². The van der Waals surface area contributed by atoms with Gasteiger partial charge in [0.25, 0.3) is 0 Å². The fourth-order valence-corrected chi connectivity index (χ4v) is 2.96. The van der Waals surface area contributed by atoms with Crippen molar-refractivity contribution in [2.75, 3.05) is 13.1 Å². The zero-order valence-electron chi connectivity index (χ0n) is 13.1. The SMILES string of the molecule is CC(=O)c1cc2c(cc1O)CCNCC2(C)C(C)(C)C. The molecule has 20 heavy (non-hydrogen) atoms. The Hall–Kier alpha value is -1.35. The van der Waals surface area contributed by atoms with E-state index in [1.165, 1.54) is 12.5 Å². The smallest absolute Gasteiger partial charge is 0.163 e. The predicted molar refractivity (Wildman–Crippen MR) is 81.5 cm³/mol. The van der Waals surface area contributed by atoms with Crippen molar-refractivity contribution in [1.82, 2.24) is 5.32 Å². The van der Waals surface area contributed by atoms with Crippen LogP contribution < -0.4 is 5.32 Å². The monoisotopic (exact) mass is 275 g/mol. The van der Waals surface area contributed by atoms with Gasteiger partial charge in [0, 0.05) is 12.0 Å². The van der Waals surface area contributed by atoms with Gasteiger partial charge in [0.05, 0.1) is 5.56 Å². The third-order valence-corrected chi connectivity index (χ3v) is 4.90. The van der Waals surface area contributed by atoms with E-state index in [1.807, 2.05) is 6.07 Å². The van der Waals surface area contributed by atoms with E-state index >= 15 is 0 Å². The van der Waals surface area contributed by atoms with E-state index in [4.69, 9.17) is 0 Å². The summed E-state index contributed by atoms with van der Waals surface area (Å²) in [6.07, 6.45) is 0.882. The molecule has 1 aliphatic rings. The highest BCUT2D eigenvalue weighted by Gasteiger charge is 2.41. The van der Waals surface area contributed by atoms with Crippen LogP contribution in [0.15, 0.2) is 12.1 Å². The van der Waals surface area contributed by atoms with Gasteiger partial charge < -0.3 is 10.4 Å². The Labute approximate surface area is 121 Å². The maximum absolute atomic E-state index is 11.7. The van der Waals surface area contributed by atoms with Crippen LogP contribution in [0.5, 0.6) is 5.75 Å². The predicted octanol–water partition coefficient (Wildman–Crippen LogP) is 3.04. The quantitative estimate of drug-likeness (QED) is 0.775. The third-order valence-electron chi connectivity index (χ3n) is 4.90. The first-order chi connectivity index (χ1) is 9.17. The second-order valence-corrected chi connectivity index (χ2v) is 7.09. The normalized spacial score (nSPS) is 23.1. The zero-order chi connectivity index (χ0) is 15.1. The van der Waals surface area contributed by atoms with Crippen molar-refractivity contribution in [2.24, 2.45) is 5.41 Å². The molecule has 0 saturated carbocycles. The summed E-state index contributed by atoms with van der Waals surface area (Å²) in [5, 5.41) is 13.6. The maximum Gasteiger partial charge on any atom is 0.163 e. The molecule has 110 valence electrons. The largest absolute Gasteiger partial charge is 0.507 e. The van der Waals surface area contributed by atoms with Crippen molar-refractivity contribution in [3.8, 4) is 5.75 Å². The molecule has 0 aromatic heterocycles. The molecule has 0 amide bonds. The molecule has 0 saturated heterocycles. The van der Waals surface area contributed by atoms with Crippen LogP contribution in [-0.4, -0.2) is 24.0 Å². The Morgan fingerprint density at radius 2 is 2.00 bits per heavy atom. The first-order valence-corrected chi connectivity index (χ1v) is 7.25. The van der Waals surface area contributed by atoms with Gasteiger partial charge in [0.2, 0.25) is 0 Å². The van der Waals surface area contributed by atoms with E-state index in [0.29, 0.717) is 5.56 Å². The number of aromatic hydroxyl groups is 1. The summed E-state index contributed by atoms with van der Waals surface area (Å²) in [6.45, 7) is 12.2. The topological polar surface area (TPSA) is 49.3 Å². The van der Waals surface area contributed by atoms with Gasteiger partial charge in [-0.1, -0.05) is 27.7 Å². The van der Waals surface area contributed by atoms with Crippen LogP contribution >= 0.6 is 0 Å². The second kappa shape index (κ2) is 4.88. The average molecular weight is 275 g/mol. The minimum absolute atomic E-state index is 0.0596. The maximum atomic E-state index is 11.7. The van der Waals surface area contributed by atoms with Crippen molar-refractivity contribution in [1.29, 1.82) is 0 Å². The summed E-state index contributed by atoms with van der Waals surface area (Å²) in [4.78, 5) is 11.7. The molecule has 0 fully saturated rings. The molecule has 3 nitrogen and oxygen atoms in total. The molecular weight excluding hydrogens is 250 g/mol. The number of benzene rings is 1. The molecule has 0 bridgehead atoms. The van der Waals surface area contributed by atoms with Crippen LogP contribution in [-0.2, 0) is 11.8 Å². The first kappa shape index (κ1) is 15.0. The number of hydrogen-bond donors (Lipinski definition) is 2. The number of Topliss-reactive ketones (excluding diaryl/α,β-unsaturated/α-hetero) is 1. The van der Waals surface area contributed by atoms with E-state index in [2.05, 4.69) is 33.0 Å². The van der Waals surface area contributed by atoms with Gasteiger partial charge in [-0.25, -0.2) is 0 Å². The van der Waals surface area contributed by atoms with Crippen molar-refractivity contribution in [3.05, 3.63) is 28.8 Å². The number of hydrogen-bond acceptors (Lipinski definition) is 3. The zero-order valence-corrected chi connectivity index (χ0v) is 13.1. The Morgan fingerprint density at radius 1 is 1.35 bits per heavy atom. The molecule has 3 heteroatoms. The lowest BCUT2D eigenvalue weighted by atomic mass is 9.63. The number of phenolic OH excluding ortho intramolecular Hbond substituents is 1. The molecule has 1 aromatic carbocycles. The lowest BCUT2D eigenvalue weighted by Crippen LogP contribution is -2.45. The summed E-state index contributed by atoms with van der Waals surface area (Å²) in [6, 6.07) is 3.69. The van der Waals surface area contributed by atoms with Gasteiger partial charge in [-0.2, -0.15) is 0 Å². The number of carbonyl (C=O) groups excluding carboxylic acids is 1. The Balaban J connectivity index is 2.70. The fourth-order valence-electron chi connectivity index (χ4n) is 2.96. The van der Waals surface area contributed by atoms with Crippen LogP contribution in [0.25, 0.3) is 0 Å². The molecule has 1 aromatic rings. The van der Waals surface area contributed by atoms with Gasteiger partial charge in [0.1, 0.15) is 5.75 Å². The highest BCUT2D eigenvalue weighted by atomic mass is 16.3. The van der Waals surface area contributed by atoms with Gasteiger partial charge >= 0.3 is 0 Å². The average Bonchev–Trinajstić information content (AvgIpc) is 2.47. The molecule has 1 aliphatic heterocycles. The summed E-state index contributed by atoms with van der Waals surface area (Å²) in [5.74, 6) is 0.0215. The number of rotatable bonds is 1. The molecule has 1 unspecified atom stereocenters. The Morgan fingerprint density at radius 3 is 2.55 bits per heavy atom. The Kier molecular flexibility index (Phi) is 3.67. The Bertz CT molecular complexity index is 543. The molecule has 0 spiro atoms. The fraction of sp³-hybridized carbons (Fsp3) is 0.588. The minimum atomic E-state index is -0.0845. The molecular formula is C17H25NO2. The summed E-state index contributed by atoms with van der Waals surface area (Å²) >= 11 is 0. The van der Waals surface area contributed by atoms with Crippen LogP contribution in [0.1, 0.15) is 56.1 Å². The van der Waals surface area contributed by atoms with E-state index in [-0.39, 0.29) is 22.4 Å². The summed E-state index contributed by atoms with van der Waals surface area (Å²) in [5.41, 5.74) is 2.76. The number of ketones is 1. The van der Waals surface area contributed by atoms with E-state index in [0.717, 1.165) is 25.1 Å². The lowest BCUT2D eigenvalue weighted by Gasteiger charge is -2.43. The number of carbonyl (C=O) groups is 1. The standard InChI is InChI=1S/C17H25NO2/c1-11(19)13-9-14-12(8-15(13)20)6-7-18-10-17(14,5)16(2,3)4/h8-9,18,20H,6-7,10H2,1-5H3. The van der Waals surface area contributed by atoms with Crippen molar-refractivity contribution in [3.63, 3.8) is 0 Å². The lowest BCUT2D eigenvalue weighted by molar-refractivity contribution is 0.101. The van der Waals surface area contributed by atoms with Crippen LogP contribution in [0.4, 0.5) is 0 Å². The first-order valence-electron chi connectivity index (χ1n) is 7.25. The second-order valence-electron chi connectivity index (χ2n) is 7.09. The minimum Gasteiger partial charge on any atom is -0.507 e. The van der Waals surface area contributed by atoms with E-state index < -0.39 is 0 Å². The number of phenols is 1. The molecule has 0 radical (unpaired) electrons. The highest BCUT2D eigenvalue weighted by molar-refractivity contribution is 5.97. The van der Waals surface area contributed by atoms with Crippen LogP contribution in [0, 0.1) is 5.41 Å². The summed E-state index contributed by atoms with van der Waals surface area (Å²) in [7, 11) is 0. The van der Waals surface area contributed by atoms with Crippen LogP contribution in [0.2, 0.25) is 0 Å². The summed E-state index contributed by atoms with van der Waals surface area (Å²) < 4.78 is 0. The highest BCUT2D eigenvalue weighted by Crippen LogP contribution is 2.44. The number of nitrogens with one attached hydrogen (secondary N) is 1. The molecule has 1 atom stereocenters. The molecule has 1 heterocycles. The van der Waals surface area contributed by atoms with Crippen molar-refractivity contribution in [2.45, 2.75) is 46.5 Å². The van der Waals surface area contributed by atoms with Gasteiger partial charge in [-0.15, -0.1) is 0 Å². The van der Waals surface area contributed by atoms with Crippen LogP contribution in [0.3, 0.4) is 0 Å². The van der Waals surface area contributed by atoms with Crippen molar-refractivity contribution >= 4 is 5.78 Å². The molecule has 2 N–H and O–H groups in total. The van der Waals surface area contributed by atoms with E-state index in [9.17, 15) is 9.90 Å². The van der Waals surface area contributed by atoms with Crippen molar-refractivity contribution < 1.29 is 9.90 Å². The van der Waals surface area contributed by atoms with Gasteiger partial charge in [-0.3, -0.25) is 4.79 Å². The molecule has 2 rings (SSSR count). The molecule has 0 aliphatic carbocycles.